The number of amides is 1. The summed E-state index contributed by atoms with van der Waals surface area (Å²) in [5.41, 5.74) is 0. The first-order chi connectivity index (χ1) is 5.22. The summed E-state index contributed by atoms with van der Waals surface area (Å²) >= 11 is 0. The van der Waals surface area contributed by atoms with Crippen LogP contribution in [-0.4, -0.2) is 37.5 Å². The van der Waals surface area contributed by atoms with Crippen molar-refractivity contribution in [2.24, 2.45) is 0 Å². The van der Waals surface area contributed by atoms with Gasteiger partial charge in [-0.3, -0.25) is 9.69 Å². The molecule has 72 valence electrons. The van der Waals surface area contributed by atoms with Crippen molar-refractivity contribution in [3.05, 3.63) is 0 Å². The third-order valence-corrected chi connectivity index (χ3v) is 2.13. The number of carbonyl (C=O) groups excluding carboxylic acids is 1. The third-order valence-electron chi connectivity index (χ3n) is 2.13. The molecule has 1 aliphatic heterocycles. The molecule has 0 radical (unpaired) electrons. The van der Waals surface area contributed by atoms with Crippen molar-refractivity contribution in [3.8, 4) is 0 Å². The molecule has 3 nitrogen and oxygen atoms in total. The van der Waals surface area contributed by atoms with Crippen molar-refractivity contribution < 1.29 is 4.79 Å². The molecule has 1 heterocycles. The van der Waals surface area contributed by atoms with Gasteiger partial charge in [-0.25, -0.2) is 0 Å². The Labute approximate surface area is 79.9 Å². The zero-order valence-corrected chi connectivity index (χ0v) is 8.49. The second-order valence-electron chi connectivity index (χ2n) is 3.27. The van der Waals surface area contributed by atoms with Crippen LogP contribution in [0, 0.1) is 0 Å². The maximum Gasteiger partial charge on any atom is 0.237 e. The minimum Gasteiger partial charge on any atom is -0.355 e. The molecule has 4 heteroatoms. The number of hydrogen-bond donors (Lipinski definition) is 1. The van der Waals surface area contributed by atoms with Crippen LogP contribution < -0.4 is 5.32 Å². The van der Waals surface area contributed by atoms with Crippen molar-refractivity contribution in [3.63, 3.8) is 0 Å². The van der Waals surface area contributed by atoms with Gasteiger partial charge >= 0.3 is 0 Å². The highest BCUT2D eigenvalue weighted by Gasteiger charge is 2.21. The van der Waals surface area contributed by atoms with Crippen molar-refractivity contribution in [2.75, 3.05) is 20.6 Å². The zero-order valence-electron chi connectivity index (χ0n) is 7.67. The molecule has 1 atom stereocenters. The number of nitrogens with one attached hydrogen (secondary N) is 1. The minimum absolute atomic E-state index is 0. The highest BCUT2D eigenvalue weighted by Crippen LogP contribution is 2.08. The van der Waals surface area contributed by atoms with E-state index in [0.29, 0.717) is 0 Å². The van der Waals surface area contributed by atoms with E-state index in [1.165, 1.54) is 0 Å². The summed E-state index contributed by atoms with van der Waals surface area (Å²) in [4.78, 5) is 13.3. The molecule has 0 spiro atoms. The zero-order chi connectivity index (χ0) is 8.27. The molecular weight excluding hydrogens is 176 g/mol. The monoisotopic (exact) mass is 192 g/mol. The van der Waals surface area contributed by atoms with Crippen LogP contribution in [0.15, 0.2) is 0 Å². The SMILES string of the molecule is CN(C)[C@H]1CCCCNC1=O.Cl. The second-order valence-corrected chi connectivity index (χ2v) is 3.27. The molecule has 1 N–H and O–H groups in total. The molecule has 0 aromatic rings. The highest BCUT2D eigenvalue weighted by molar-refractivity contribution is 5.85. The highest BCUT2D eigenvalue weighted by atomic mass is 35.5. The largest absolute Gasteiger partial charge is 0.355 e. The Balaban J connectivity index is 0.00000121. The van der Waals surface area contributed by atoms with Gasteiger partial charge in [0.1, 0.15) is 0 Å². The molecule has 0 aliphatic carbocycles. The van der Waals surface area contributed by atoms with E-state index in [1.54, 1.807) is 0 Å². The molecule has 1 rings (SSSR count). The maximum atomic E-state index is 11.3. The van der Waals surface area contributed by atoms with Crippen LogP contribution in [-0.2, 0) is 4.79 Å². The van der Waals surface area contributed by atoms with E-state index >= 15 is 0 Å². The van der Waals surface area contributed by atoms with Crippen LogP contribution in [0.2, 0.25) is 0 Å². The van der Waals surface area contributed by atoms with Gasteiger partial charge in [0.05, 0.1) is 6.04 Å². The van der Waals surface area contributed by atoms with Crippen LogP contribution >= 0.6 is 12.4 Å². The fraction of sp³-hybridized carbons (Fsp3) is 0.875. The lowest BCUT2D eigenvalue weighted by molar-refractivity contribution is -0.125. The molecule has 0 bridgehead atoms. The smallest absolute Gasteiger partial charge is 0.237 e. The summed E-state index contributed by atoms with van der Waals surface area (Å²) in [6.07, 6.45) is 3.27. The normalized spacial score (nSPS) is 24.2. The van der Waals surface area contributed by atoms with Gasteiger partial charge in [-0.2, -0.15) is 0 Å². The average Bonchev–Trinajstić information content (AvgIpc) is 2.13. The third kappa shape index (κ3) is 2.99. The Hall–Kier alpha value is -0.280. The van der Waals surface area contributed by atoms with Crippen LogP contribution in [0.1, 0.15) is 19.3 Å². The van der Waals surface area contributed by atoms with E-state index in [9.17, 15) is 4.79 Å². The van der Waals surface area contributed by atoms with Gasteiger partial charge in [0, 0.05) is 6.54 Å². The molecular formula is C8H17ClN2O. The molecule has 0 saturated carbocycles. The first-order valence-corrected chi connectivity index (χ1v) is 4.16. The van der Waals surface area contributed by atoms with Crippen LogP contribution in [0.4, 0.5) is 0 Å². The molecule has 12 heavy (non-hydrogen) atoms. The van der Waals surface area contributed by atoms with Gasteiger partial charge in [-0.05, 0) is 33.4 Å². The number of nitrogens with zero attached hydrogens (tertiary/aromatic N) is 1. The molecule has 1 saturated heterocycles. The van der Waals surface area contributed by atoms with Gasteiger partial charge < -0.3 is 5.32 Å². The second kappa shape index (κ2) is 5.38. The summed E-state index contributed by atoms with van der Waals surface area (Å²) < 4.78 is 0. The molecule has 0 aromatic carbocycles. The topological polar surface area (TPSA) is 32.3 Å². The Bertz CT molecular complexity index is 150. The van der Waals surface area contributed by atoms with Gasteiger partial charge in [0.25, 0.3) is 0 Å². The lowest BCUT2D eigenvalue weighted by atomic mass is 10.1. The fourth-order valence-corrected chi connectivity index (χ4v) is 1.42. The Morgan fingerprint density at radius 2 is 2.08 bits per heavy atom. The Morgan fingerprint density at radius 3 is 2.67 bits per heavy atom. The van der Waals surface area contributed by atoms with Crippen molar-refractivity contribution in [1.29, 1.82) is 0 Å². The number of hydrogen-bond acceptors (Lipinski definition) is 2. The van der Waals surface area contributed by atoms with Crippen LogP contribution in [0.3, 0.4) is 0 Å². The molecule has 1 amide bonds. The van der Waals surface area contributed by atoms with E-state index in [0.717, 1.165) is 25.8 Å². The van der Waals surface area contributed by atoms with Crippen molar-refractivity contribution in [1.82, 2.24) is 10.2 Å². The van der Waals surface area contributed by atoms with Crippen molar-refractivity contribution in [2.45, 2.75) is 25.3 Å². The molecule has 0 unspecified atom stereocenters. The average molecular weight is 193 g/mol. The van der Waals surface area contributed by atoms with Crippen molar-refractivity contribution >= 4 is 18.3 Å². The maximum absolute atomic E-state index is 11.3. The number of carbonyl (C=O) groups is 1. The Morgan fingerprint density at radius 1 is 1.42 bits per heavy atom. The van der Waals surface area contributed by atoms with Gasteiger partial charge in [0.2, 0.25) is 5.91 Å². The van der Waals surface area contributed by atoms with Gasteiger partial charge in [-0.15, -0.1) is 12.4 Å². The van der Waals surface area contributed by atoms with Crippen LogP contribution in [0.25, 0.3) is 0 Å². The summed E-state index contributed by atoms with van der Waals surface area (Å²) in [5, 5.41) is 2.90. The van der Waals surface area contributed by atoms with E-state index in [2.05, 4.69) is 5.32 Å². The van der Waals surface area contributed by atoms with E-state index in [-0.39, 0.29) is 24.4 Å². The minimum atomic E-state index is 0. The summed E-state index contributed by atoms with van der Waals surface area (Å²) in [6, 6.07) is 0.0949. The summed E-state index contributed by atoms with van der Waals surface area (Å²) in [5.74, 6) is 0.188. The lowest BCUT2D eigenvalue weighted by Crippen LogP contribution is -2.41. The predicted octanol–water partition coefficient (Wildman–Crippen LogP) is 0.638. The van der Waals surface area contributed by atoms with E-state index in [1.807, 2.05) is 19.0 Å². The fourth-order valence-electron chi connectivity index (χ4n) is 1.42. The summed E-state index contributed by atoms with van der Waals surface area (Å²) in [6.45, 7) is 0.850. The Kier molecular flexibility index (Phi) is 5.25. The van der Waals surface area contributed by atoms with E-state index < -0.39 is 0 Å². The quantitative estimate of drug-likeness (QED) is 0.662. The number of rotatable bonds is 1. The van der Waals surface area contributed by atoms with Gasteiger partial charge in [-0.1, -0.05) is 0 Å². The first kappa shape index (κ1) is 11.7. The molecule has 1 aliphatic rings. The van der Waals surface area contributed by atoms with Gasteiger partial charge in [0.15, 0.2) is 0 Å². The number of halogens is 1. The molecule has 1 fully saturated rings. The van der Waals surface area contributed by atoms with E-state index in [4.69, 9.17) is 0 Å². The number of likely N-dealkylation sites (N-methyl/N-ethyl adjacent to an activating group) is 1. The van der Waals surface area contributed by atoms with Crippen LogP contribution in [0.5, 0.6) is 0 Å². The summed E-state index contributed by atoms with van der Waals surface area (Å²) in [7, 11) is 3.91. The molecule has 0 aromatic heterocycles. The first-order valence-electron chi connectivity index (χ1n) is 4.16. The predicted molar refractivity (Wildman–Crippen MR) is 51.6 cm³/mol. The standard InChI is InChI=1S/C8H16N2O.ClH/c1-10(2)7-5-3-4-6-9-8(7)11;/h7H,3-6H2,1-2H3,(H,9,11);1H/t7-;/m0./s1. The lowest BCUT2D eigenvalue weighted by Gasteiger charge is -2.20.